The van der Waals surface area contributed by atoms with Crippen LogP contribution < -0.4 is 14.8 Å². The Bertz CT molecular complexity index is 637. The predicted molar refractivity (Wildman–Crippen MR) is 80.0 cm³/mol. The SMILES string of the molecule is CNC(=O)c1ccncc1.COc1cccc(OCC(F)(F)F)n1. The fraction of sp³-hybridized carbons (Fsp3) is 0.267. The lowest BCUT2D eigenvalue weighted by molar-refractivity contribution is -0.154. The summed E-state index contributed by atoms with van der Waals surface area (Å²) in [6.45, 7) is -1.35. The van der Waals surface area contributed by atoms with Gasteiger partial charge in [-0.15, -0.1) is 0 Å². The molecule has 130 valence electrons. The van der Waals surface area contributed by atoms with E-state index in [9.17, 15) is 18.0 Å². The van der Waals surface area contributed by atoms with Gasteiger partial charge in [-0.2, -0.15) is 18.2 Å². The summed E-state index contributed by atoms with van der Waals surface area (Å²) in [4.78, 5) is 18.3. The number of hydrogen-bond donors (Lipinski definition) is 1. The zero-order valence-electron chi connectivity index (χ0n) is 13.0. The molecule has 0 aliphatic heterocycles. The van der Waals surface area contributed by atoms with E-state index >= 15 is 0 Å². The number of pyridine rings is 2. The Morgan fingerprint density at radius 2 is 1.79 bits per heavy atom. The third kappa shape index (κ3) is 7.43. The van der Waals surface area contributed by atoms with Gasteiger partial charge in [-0.05, 0) is 12.1 Å². The van der Waals surface area contributed by atoms with E-state index in [-0.39, 0.29) is 17.7 Å². The second kappa shape index (κ2) is 9.33. The van der Waals surface area contributed by atoms with Crippen molar-refractivity contribution in [3.63, 3.8) is 0 Å². The van der Waals surface area contributed by atoms with E-state index in [1.165, 1.54) is 25.3 Å². The molecule has 1 N–H and O–H groups in total. The van der Waals surface area contributed by atoms with Crippen LogP contribution in [0.4, 0.5) is 13.2 Å². The second-order valence-electron chi connectivity index (χ2n) is 4.24. The van der Waals surface area contributed by atoms with Crippen LogP contribution in [0, 0.1) is 0 Å². The molecular weight excluding hydrogens is 327 g/mol. The first-order valence-corrected chi connectivity index (χ1v) is 6.68. The number of hydrogen-bond acceptors (Lipinski definition) is 5. The molecule has 0 fully saturated rings. The van der Waals surface area contributed by atoms with Gasteiger partial charge in [-0.1, -0.05) is 6.07 Å². The minimum atomic E-state index is -4.36. The van der Waals surface area contributed by atoms with Crippen molar-refractivity contribution in [2.24, 2.45) is 0 Å². The van der Waals surface area contributed by atoms with Crippen LogP contribution >= 0.6 is 0 Å². The van der Waals surface area contributed by atoms with Crippen LogP contribution in [0.2, 0.25) is 0 Å². The molecule has 9 heteroatoms. The van der Waals surface area contributed by atoms with Crippen LogP contribution in [0.1, 0.15) is 10.4 Å². The largest absolute Gasteiger partial charge is 0.481 e. The summed E-state index contributed by atoms with van der Waals surface area (Å²) < 4.78 is 44.3. The number of nitrogens with zero attached hydrogens (tertiary/aromatic N) is 2. The highest BCUT2D eigenvalue weighted by molar-refractivity contribution is 5.93. The van der Waals surface area contributed by atoms with Crippen molar-refractivity contribution in [2.45, 2.75) is 6.18 Å². The molecule has 1 amide bonds. The molecule has 0 bridgehead atoms. The Kier molecular flexibility index (Phi) is 7.47. The molecule has 0 atom stereocenters. The average molecular weight is 343 g/mol. The number of methoxy groups -OCH3 is 1. The van der Waals surface area contributed by atoms with E-state index in [1.54, 1.807) is 31.6 Å². The molecule has 6 nitrogen and oxygen atoms in total. The second-order valence-corrected chi connectivity index (χ2v) is 4.24. The zero-order chi connectivity index (χ0) is 18.0. The number of aromatic nitrogens is 2. The summed E-state index contributed by atoms with van der Waals surface area (Å²) >= 11 is 0. The molecule has 2 aromatic heterocycles. The summed E-state index contributed by atoms with van der Waals surface area (Å²) in [7, 11) is 2.97. The van der Waals surface area contributed by atoms with E-state index in [1.807, 2.05) is 0 Å². The Balaban J connectivity index is 0.000000254. The minimum Gasteiger partial charge on any atom is -0.481 e. The first-order valence-electron chi connectivity index (χ1n) is 6.68. The van der Waals surface area contributed by atoms with Gasteiger partial charge >= 0.3 is 6.18 Å². The van der Waals surface area contributed by atoms with Gasteiger partial charge in [-0.25, -0.2) is 0 Å². The molecule has 0 aliphatic carbocycles. The molecule has 0 saturated heterocycles. The summed E-state index contributed by atoms with van der Waals surface area (Å²) in [5.41, 5.74) is 0.637. The van der Waals surface area contributed by atoms with E-state index < -0.39 is 12.8 Å². The minimum absolute atomic E-state index is 0.0811. The lowest BCUT2D eigenvalue weighted by Crippen LogP contribution is -2.19. The van der Waals surface area contributed by atoms with Crippen molar-refractivity contribution in [1.82, 2.24) is 15.3 Å². The summed E-state index contributed by atoms with van der Waals surface area (Å²) in [6.07, 6.45) is -1.18. The molecule has 0 unspecified atom stereocenters. The number of nitrogens with one attached hydrogen (secondary N) is 1. The van der Waals surface area contributed by atoms with Gasteiger partial charge in [0.2, 0.25) is 11.8 Å². The first kappa shape index (κ1) is 19.2. The number of carbonyl (C=O) groups is 1. The van der Waals surface area contributed by atoms with Crippen LogP contribution in [0.3, 0.4) is 0 Å². The molecule has 2 aromatic rings. The number of carbonyl (C=O) groups excluding carboxylic acids is 1. The van der Waals surface area contributed by atoms with Gasteiger partial charge in [-0.3, -0.25) is 9.78 Å². The average Bonchev–Trinajstić information content (AvgIpc) is 2.60. The zero-order valence-corrected chi connectivity index (χ0v) is 13.0. The Morgan fingerprint density at radius 3 is 2.33 bits per heavy atom. The molecule has 0 saturated carbocycles. The molecule has 2 rings (SSSR count). The lowest BCUT2D eigenvalue weighted by Gasteiger charge is -2.08. The van der Waals surface area contributed by atoms with Crippen LogP contribution in [-0.2, 0) is 0 Å². The Morgan fingerprint density at radius 1 is 1.17 bits per heavy atom. The number of halogens is 3. The Hall–Kier alpha value is -2.84. The van der Waals surface area contributed by atoms with Gasteiger partial charge < -0.3 is 14.8 Å². The van der Waals surface area contributed by atoms with Crippen molar-refractivity contribution >= 4 is 5.91 Å². The van der Waals surface area contributed by atoms with Gasteiger partial charge in [0.15, 0.2) is 6.61 Å². The van der Waals surface area contributed by atoms with Gasteiger partial charge in [0.25, 0.3) is 5.91 Å². The van der Waals surface area contributed by atoms with Crippen molar-refractivity contribution in [2.75, 3.05) is 20.8 Å². The van der Waals surface area contributed by atoms with Gasteiger partial charge in [0.05, 0.1) is 7.11 Å². The number of alkyl halides is 3. The molecule has 0 spiro atoms. The van der Waals surface area contributed by atoms with Crippen LogP contribution in [0.5, 0.6) is 11.8 Å². The van der Waals surface area contributed by atoms with Crippen LogP contribution in [0.15, 0.2) is 42.7 Å². The maximum atomic E-state index is 11.7. The van der Waals surface area contributed by atoms with Crippen molar-refractivity contribution in [3.8, 4) is 11.8 Å². The highest BCUT2D eigenvalue weighted by Gasteiger charge is 2.28. The van der Waals surface area contributed by atoms with Crippen LogP contribution in [-0.4, -0.2) is 42.8 Å². The van der Waals surface area contributed by atoms with Gasteiger partial charge in [0.1, 0.15) is 0 Å². The van der Waals surface area contributed by atoms with E-state index in [2.05, 4.69) is 20.0 Å². The third-order valence-electron chi connectivity index (χ3n) is 2.46. The van der Waals surface area contributed by atoms with Crippen LogP contribution in [0.25, 0.3) is 0 Å². The molecule has 24 heavy (non-hydrogen) atoms. The maximum Gasteiger partial charge on any atom is 0.422 e. The van der Waals surface area contributed by atoms with Crippen molar-refractivity contribution < 1.29 is 27.4 Å². The highest BCUT2D eigenvalue weighted by Crippen LogP contribution is 2.18. The third-order valence-corrected chi connectivity index (χ3v) is 2.46. The topological polar surface area (TPSA) is 73.3 Å². The van der Waals surface area contributed by atoms with E-state index in [0.717, 1.165) is 0 Å². The fourth-order valence-electron chi connectivity index (χ4n) is 1.39. The molecular formula is C15H16F3N3O3. The highest BCUT2D eigenvalue weighted by atomic mass is 19.4. The first-order chi connectivity index (χ1) is 11.4. The summed E-state index contributed by atoms with van der Waals surface area (Å²) in [5.74, 6) is 0.0220. The molecule has 0 radical (unpaired) electrons. The van der Waals surface area contributed by atoms with Crippen molar-refractivity contribution in [3.05, 3.63) is 48.3 Å². The number of ether oxygens (including phenoxy) is 2. The van der Waals surface area contributed by atoms with Crippen molar-refractivity contribution in [1.29, 1.82) is 0 Å². The van der Waals surface area contributed by atoms with E-state index in [0.29, 0.717) is 5.56 Å². The quantitative estimate of drug-likeness (QED) is 0.923. The monoisotopic (exact) mass is 343 g/mol. The smallest absolute Gasteiger partial charge is 0.422 e. The Labute approximate surface area is 136 Å². The summed E-state index contributed by atoms with van der Waals surface area (Å²) in [6, 6.07) is 7.67. The standard InChI is InChI=1S/C8H8F3NO2.C7H8N2O/c1-13-6-3-2-4-7(12-6)14-5-8(9,10)11;1-8-7(10)6-2-4-9-5-3-6/h2-4H,5H2,1H3;2-5H,1H3,(H,8,10). The fourth-order valence-corrected chi connectivity index (χ4v) is 1.39. The number of rotatable bonds is 4. The maximum absolute atomic E-state index is 11.7. The lowest BCUT2D eigenvalue weighted by atomic mass is 10.2. The van der Waals surface area contributed by atoms with E-state index in [4.69, 9.17) is 4.74 Å². The molecule has 0 aromatic carbocycles. The number of amides is 1. The molecule has 2 heterocycles. The summed E-state index contributed by atoms with van der Waals surface area (Å²) in [5, 5.41) is 2.51. The normalized spacial score (nSPS) is 10.2. The molecule has 0 aliphatic rings. The predicted octanol–water partition coefficient (Wildman–Crippen LogP) is 2.47. The van der Waals surface area contributed by atoms with Gasteiger partial charge in [0, 0.05) is 37.1 Å².